The Kier molecular flexibility index (Phi) is 5.42. The van der Waals surface area contributed by atoms with Gasteiger partial charge in [-0.25, -0.2) is 29.9 Å². The lowest BCUT2D eigenvalue weighted by molar-refractivity contribution is 1.04. The number of hydrogen-bond acceptors (Lipinski definition) is 11. The van der Waals surface area contributed by atoms with E-state index in [0.717, 1.165) is 5.69 Å². The van der Waals surface area contributed by atoms with Gasteiger partial charge in [0.1, 0.15) is 82.1 Å². The van der Waals surface area contributed by atoms with Crippen molar-refractivity contribution in [2.24, 2.45) is 0 Å². The number of allylic oxidation sites excluding steroid dienone is 2. The number of para-hydroxylation sites is 1. The third-order valence-corrected chi connectivity index (χ3v) is 8.45. The molecule has 2 aliphatic carbocycles. The highest BCUT2D eigenvalue weighted by Crippen LogP contribution is 2.54. The molecular weight excluding hydrogens is 602 g/mol. The number of pyridine rings is 1. The molecule has 2 aliphatic rings. The van der Waals surface area contributed by atoms with Gasteiger partial charge in [0.15, 0.2) is 0 Å². The molecule has 218 valence electrons. The zero-order valence-corrected chi connectivity index (χ0v) is 24.3. The Morgan fingerprint density at radius 3 is 1.52 bits per heavy atom. The molecule has 9 rings (SSSR count). The lowest BCUT2D eigenvalue weighted by atomic mass is 10.1. The second-order valence-corrected chi connectivity index (χ2v) is 10.8. The van der Waals surface area contributed by atoms with E-state index in [1.807, 2.05) is 45.5 Å². The van der Waals surface area contributed by atoms with Crippen molar-refractivity contribution in [2.75, 3.05) is 0 Å². The van der Waals surface area contributed by atoms with Crippen molar-refractivity contribution in [2.45, 2.75) is 0 Å². The predicted molar refractivity (Wildman–Crippen MR) is 170 cm³/mol. The lowest BCUT2D eigenvalue weighted by Gasteiger charge is -2.12. The predicted octanol–water partition coefficient (Wildman–Crippen LogP) is 5.00. The maximum Gasteiger partial charge on any atom is 0.149 e. The van der Waals surface area contributed by atoms with Crippen LogP contribution in [0, 0.1) is 45.3 Å². The molecule has 13 heteroatoms. The number of nitriles is 4. The molecule has 6 heterocycles. The van der Waals surface area contributed by atoms with Crippen LogP contribution in [0.2, 0.25) is 0 Å². The van der Waals surface area contributed by atoms with E-state index in [1.165, 1.54) is 12.7 Å². The van der Waals surface area contributed by atoms with Crippen LogP contribution in [-0.4, -0.2) is 44.0 Å². The van der Waals surface area contributed by atoms with E-state index in [1.54, 1.807) is 30.9 Å². The number of nitrogens with zero attached hydrogens (tertiary/aromatic N) is 13. The molecule has 0 fully saturated rings. The Bertz CT molecular complexity index is 2590. The monoisotopic (exact) mass is 615 g/mol. The topological polar surface area (TPSA) is 195 Å². The maximum atomic E-state index is 10.3. The summed E-state index contributed by atoms with van der Waals surface area (Å²) in [5.74, 6) is 0. The third kappa shape index (κ3) is 3.30. The Morgan fingerprint density at radius 2 is 1.04 bits per heavy atom. The Balaban J connectivity index is 1.47. The minimum Gasteiger partial charge on any atom is -0.293 e. The molecule has 0 spiro atoms. The van der Waals surface area contributed by atoms with Gasteiger partial charge in [0.25, 0.3) is 0 Å². The molecule has 0 amide bonds. The average molecular weight is 616 g/mol. The van der Waals surface area contributed by atoms with Gasteiger partial charge in [0.05, 0.1) is 34.4 Å². The van der Waals surface area contributed by atoms with Crippen LogP contribution in [0.25, 0.3) is 67.1 Å². The van der Waals surface area contributed by atoms with E-state index in [9.17, 15) is 21.0 Å². The van der Waals surface area contributed by atoms with E-state index >= 15 is 0 Å². The smallest absolute Gasteiger partial charge is 0.149 e. The van der Waals surface area contributed by atoms with E-state index in [-0.39, 0.29) is 22.3 Å². The molecule has 48 heavy (non-hydrogen) atoms. The first-order valence-corrected chi connectivity index (χ1v) is 14.4. The van der Waals surface area contributed by atoms with Gasteiger partial charge < -0.3 is 0 Å². The molecular formula is C35H13N13. The fourth-order valence-corrected chi connectivity index (χ4v) is 6.67. The lowest BCUT2D eigenvalue weighted by Crippen LogP contribution is -2.05. The molecule has 0 aliphatic heterocycles. The highest BCUT2D eigenvalue weighted by Gasteiger charge is 2.42. The molecule has 0 saturated heterocycles. The highest BCUT2D eigenvalue weighted by atomic mass is 15.1. The number of hydrogen-bond donors (Lipinski definition) is 0. The normalized spacial score (nSPS) is 12.0. The van der Waals surface area contributed by atoms with E-state index in [0.29, 0.717) is 73.0 Å². The van der Waals surface area contributed by atoms with Crippen LogP contribution < -0.4 is 0 Å². The van der Waals surface area contributed by atoms with Crippen molar-refractivity contribution in [3.8, 4) is 58.2 Å². The second-order valence-electron chi connectivity index (χ2n) is 10.8. The molecule has 1 aromatic carbocycles. The van der Waals surface area contributed by atoms with Gasteiger partial charge in [0.2, 0.25) is 0 Å². The maximum absolute atomic E-state index is 10.3. The summed E-state index contributed by atoms with van der Waals surface area (Å²) >= 11 is 0. The summed E-state index contributed by atoms with van der Waals surface area (Å²) in [5.41, 5.74) is 6.09. The van der Waals surface area contributed by atoms with E-state index in [4.69, 9.17) is 9.97 Å². The zero-order valence-electron chi connectivity index (χ0n) is 24.3. The summed E-state index contributed by atoms with van der Waals surface area (Å²) in [5, 5.41) is 42.2. The van der Waals surface area contributed by atoms with Crippen LogP contribution in [-0.2, 0) is 0 Å². The van der Waals surface area contributed by atoms with Crippen LogP contribution in [0.1, 0.15) is 22.8 Å². The van der Waals surface area contributed by atoms with Crippen molar-refractivity contribution < 1.29 is 0 Å². The van der Waals surface area contributed by atoms with Gasteiger partial charge >= 0.3 is 0 Å². The van der Waals surface area contributed by atoms with Gasteiger partial charge in [-0.05, 0) is 24.3 Å². The number of aromatic nitrogens is 9. The molecule has 0 unspecified atom stereocenters. The minimum atomic E-state index is -0.177. The Labute approximate surface area is 269 Å². The summed E-state index contributed by atoms with van der Waals surface area (Å²) in [6.07, 6.45) is 9.44. The largest absolute Gasteiger partial charge is 0.293 e. The van der Waals surface area contributed by atoms with Crippen molar-refractivity contribution in [3.63, 3.8) is 0 Å². The van der Waals surface area contributed by atoms with Crippen molar-refractivity contribution >= 4 is 33.2 Å². The van der Waals surface area contributed by atoms with Crippen LogP contribution in [0.5, 0.6) is 0 Å². The number of fused-ring (bicyclic) bond motifs is 10. The quantitative estimate of drug-likeness (QED) is 0.237. The van der Waals surface area contributed by atoms with Crippen molar-refractivity contribution in [1.82, 2.24) is 44.0 Å². The average Bonchev–Trinajstić information content (AvgIpc) is 3.85. The molecule has 13 nitrogen and oxygen atoms in total. The van der Waals surface area contributed by atoms with Gasteiger partial charge in [-0.15, -0.1) is 0 Å². The summed E-state index contributed by atoms with van der Waals surface area (Å²) in [6, 6.07) is 21.3. The standard InChI is InChI=1S/C35H13N13/c36-9-18(10-37)24-28-30(26-22-14-41-16-43-34(22)47(32(24)26)20-5-2-1-3-6-20)46-29-25(19(11-38)12-39)33-27(31(29)45-28)23-15-42-17-44-35(23)48(33)21-7-4-8-40-13-21/h1-8,13-17H. The molecule has 6 aromatic heterocycles. The highest BCUT2D eigenvalue weighted by molar-refractivity contribution is 6.15. The summed E-state index contributed by atoms with van der Waals surface area (Å²) in [7, 11) is 0. The fraction of sp³-hybridized carbons (Fsp3) is 0. The van der Waals surface area contributed by atoms with Crippen LogP contribution >= 0.6 is 0 Å². The van der Waals surface area contributed by atoms with Gasteiger partial charge in [0, 0.05) is 46.2 Å². The molecule has 0 N–H and O–H groups in total. The van der Waals surface area contributed by atoms with Gasteiger partial charge in [-0.2, -0.15) is 21.0 Å². The second kappa shape index (κ2) is 9.82. The van der Waals surface area contributed by atoms with Crippen molar-refractivity contribution in [3.05, 3.63) is 114 Å². The number of rotatable bonds is 2. The summed E-state index contributed by atoms with van der Waals surface area (Å²) in [6.45, 7) is 0. The molecule has 0 saturated carbocycles. The first-order valence-electron chi connectivity index (χ1n) is 14.4. The molecule has 0 bridgehead atoms. The number of benzene rings is 1. The molecule has 0 atom stereocenters. The first-order chi connectivity index (χ1) is 23.7. The first kappa shape index (κ1) is 26.5. The fourth-order valence-electron chi connectivity index (χ4n) is 6.67. The Hall–Kier alpha value is -7.87. The van der Waals surface area contributed by atoms with Crippen molar-refractivity contribution in [1.29, 1.82) is 21.0 Å². The van der Waals surface area contributed by atoms with Gasteiger partial charge in [-0.1, -0.05) is 18.2 Å². The Morgan fingerprint density at radius 1 is 0.542 bits per heavy atom. The SMILES string of the molecule is N#CC(C#N)=C1c2nc3c(nc2-c2c1n(-c1ccccc1)c1ncncc21)C(=C(C#N)C#N)c1c-3c2cncnc2n1-c1cccnc1. The minimum absolute atomic E-state index is 0.165. The molecule has 7 aromatic rings. The zero-order chi connectivity index (χ0) is 32.5. The van der Waals surface area contributed by atoms with E-state index < -0.39 is 0 Å². The summed E-state index contributed by atoms with van der Waals surface area (Å²) in [4.78, 5) is 32.3. The third-order valence-electron chi connectivity index (χ3n) is 8.45. The van der Waals surface area contributed by atoms with Crippen LogP contribution in [0.4, 0.5) is 0 Å². The summed E-state index contributed by atoms with van der Waals surface area (Å²) < 4.78 is 3.68. The van der Waals surface area contributed by atoms with E-state index in [2.05, 4.69) is 49.2 Å². The van der Waals surface area contributed by atoms with Crippen LogP contribution in [0.15, 0.2) is 91.1 Å². The van der Waals surface area contributed by atoms with Crippen LogP contribution in [0.3, 0.4) is 0 Å². The van der Waals surface area contributed by atoms with Gasteiger partial charge in [-0.3, -0.25) is 14.1 Å². The molecule has 0 radical (unpaired) electrons.